The molecule has 6 N–H and O–H groups in total. The fourth-order valence-corrected chi connectivity index (χ4v) is 4.51. The van der Waals surface area contributed by atoms with Crippen LogP contribution in [0.2, 0.25) is 0 Å². The van der Waals surface area contributed by atoms with E-state index in [2.05, 4.69) is 15.6 Å². The van der Waals surface area contributed by atoms with Gasteiger partial charge in [-0.2, -0.15) is 4.57 Å². The van der Waals surface area contributed by atoms with Gasteiger partial charge in [0.15, 0.2) is 18.5 Å². The van der Waals surface area contributed by atoms with Crippen LogP contribution in [-0.2, 0) is 36.1 Å². The Labute approximate surface area is 222 Å². The Morgan fingerprint density at radius 3 is 2.67 bits per heavy atom. The van der Waals surface area contributed by atoms with Gasteiger partial charge in [-0.1, -0.05) is 23.4 Å². The van der Waals surface area contributed by atoms with Gasteiger partial charge in [-0.15, -0.1) is 5.10 Å². The summed E-state index contributed by atoms with van der Waals surface area (Å²) < 4.78 is 30.5. The molecule has 15 nitrogen and oxygen atoms in total. The van der Waals surface area contributed by atoms with E-state index in [1.54, 1.807) is 24.3 Å². The lowest BCUT2D eigenvalue weighted by Gasteiger charge is -2.16. The van der Waals surface area contributed by atoms with Gasteiger partial charge in [0.25, 0.3) is 12.1 Å². The predicted molar refractivity (Wildman–Crippen MR) is 132 cm³/mol. The number of primary amides is 1. The number of para-hydroxylation sites is 1. The molecule has 1 aromatic carbocycles. The van der Waals surface area contributed by atoms with E-state index < -0.39 is 44.9 Å². The molecule has 16 heteroatoms. The first-order valence-electron chi connectivity index (χ1n) is 11.8. The molecule has 5 atom stereocenters. The number of phosphoric ester groups is 1. The number of pyridine rings is 1. The van der Waals surface area contributed by atoms with Crippen molar-refractivity contribution in [3.05, 3.63) is 72.3 Å². The number of nitrogens with two attached hydrogens (primary N) is 1. The topological polar surface area (TPSA) is 212 Å². The molecule has 0 aliphatic carbocycles. The minimum absolute atomic E-state index is 0.0774. The van der Waals surface area contributed by atoms with Gasteiger partial charge in [-0.25, -0.2) is 9.25 Å². The molecule has 1 unspecified atom stereocenters. The number of nitrogens with one attached hydrogen (secondary N) is 1. The summed E-state index contributed by atoms with van der Waals surface area (Å²) in [5.74, 6) is -0.989. The van der Waals surface area contributed by atoms with E-state index in [4.69, 9.17) is 19.5 Å². The molecule has 2 aromatic heterocycles. The highest BCUT2D eigenvalue weighted by Crippen LogP contribution is 2.44. The van der Waals surface area contributed by atoms with Crippen molar-refractivity contribution in [2.24, 2.45) is 5.73 Å². The number of hydrogen-bond acceptors (Lipinski definition) is 10. The lowest BCUT2D eigenvalue weighted by atomic mass is 10.1. The molecule has 1 aliphatic rings. The molecule has 0 saturated carbocycles. The van der Waals surface area contributed by atoms with E-state index in [0.29, 0.717) is 11.4 Å². The van der Waals surface area contributed by atoms with E-state index in [9.17, 15) is 29.3 Å². The number of phosphoric acid groups is 1. The summed E-state index contributed by atoms with van der Waals surface area (Å²) in [4.78, 5) is 33.6. The minimum Gasteiger partial charge on any atom is -0.387 e. The molecular formula is C23H28N6O9P+. The summed E-state index contributed by atoms with van der Waals surface area (Å²) in [6.45, 7) is -0.894. The van der Waals surface area contributed by atoms with Crippen LogP contribution in [0.25, 0.3) is 0 Å². The first-order valence-corrected chi connectivity index (χ1v) is 13.3. The Kier molecular flexibility index (Phi) is 9.14. The number of benzene rings is 1. The van der Waals surface area contributed by atoms with Crippen molar-refractivity contribution in [3.63, 3.8) is 0 Å². The largest absolute Gasteiger partial charge is 0.472 e. The zero-order valence-corrected chi connectivity index (χ0v) is 21.4. The maximum absolute atomic E-state index is 12.3. The van der Waals surface area contributed by atoms with Crippen LogP contribution in [0.15, 0.2) is 61.1 Å². The second-order valence-corrected chi connectivity index (χ2v) is 10.1. The van der Waals surface area contributed by atoms with E-state index in [-0.39, 0.29) is 31.0 Å². The third-order valence-electron chi connectivity index (χ3n) is 5.70. The smallest absolute Gasteiger partial charge is 0.387 e. The molecule has 1 saturated heterocycles. The fourth-order valence-electron chi connectivity index (χ4n) is 3.78. The highest BCUT2D eigenvalue weighted by atomic mass is 31.2. The maximum Gasteiger partial charge on any atom is 0.472 e. The summed E-state index contributed by atoms with van der Waals surface area (Å²) in [6, 6.07) is 11.9. The van der Waals surface area contributed by atoms with Crippen LogP contribution in [0.5, 0.6) is 0 Å². The lowest BCUT2D eigenvalue weighted by molar-refractivity contribution is -0.765. The van der Waals surface area contributed by atoms with Crippen LogP contribution >= 0.6 is 7.82 Å². The highest BCUT2D eigenvalue weighted by Gasteiger charge is 2.49. The molecule has 0 spiro atoms. The first-order chi connectivity index (χ1) is 18.6. The van der Waals surface area contributed by atoms with E-state index >= 15 is 0 Å². The number of aliphatic hydroxyl groups is 2. The number of nitrogens with zero attached hydrogens (tertiary/aromatic N) is 4. The van der Waals surface area contributed by atoms with Crippen molar-refractivity contribution in [3.8, 4) is 0 Å². The number of anilines is 1. The van der Waals surface area contributed by atoms with Gasteiger partial charge >= 0.3 is 7.82 Å². The third-order valence-corrected chi connectivity index (χ3v) is 6.69. The van der Waals surface area contributed by atoms with Crippen LogP contribution in [0.3, 0.4) is 0 Å². The van der Waals surface area contributed by atoms with Crippen molar-refractivity contribution >= 4 is 25.3 Å². The normalized spacial score (nSPS) is 22.3. The van der Waals surface area contributed by atoms with E-state index in [1.165, 1.54) is 40.0 Å². The number of carbonyl (C=O) groups is 2. The third kappa shape index (κ3) is 7.74. The number of aliphatic hydroxyl groups excluding tert-OH is 2. The molecule has 1 aliphatic heterocycles. The molecule has 3 aromatic rings. The zero-order valence-electron chi connectivity index (χ0n) is 20.5. The Hall–Kier alpha value is -3.56. The molecule has 1 fully saturated rings. The van der Waals surface area contributed by atoms with Crippen molar-refractivity contribution in [1.82, 2.24) is 15.0 Å². The van der Waals surface area contributed by atoms with Gasteiger partial charge in [0, 0.05) is 24.4 Å². The van der Waals surface area contributed by atoms with Crippen molar-refractivity contribution in [1.29, 1.82) is 0 Å². The van der Waals surface area contributed by atoms with Gasteiger partial charge in [-0.3, -0.25) is 18.6 Å². The molecule has 4 rings (SSSR count). The molecule has 2 amide bonds. The minimum atomic E-state index is -4.56. The Morgan fingerprint density at radius 1 is 1.15 bits per heavy atom. The monoisotopic (exact) mass is 563 g/mol. The Morgan fingerprint density at radius 2 is 1.92 bits per heavy atom. The first kappa shape index (κ1) is 28.4. The summed E-state index contributed by atoms with van der Waals surface area (Å²) in [5, 5.41) is 31.2. The van der Waals surface area contributed by atoms with Gasteiger partial charge in [-0.05, 0) is 18.2 Å². The second-order valence-electron chi connectivity index (χ2n) is 8.62. The van der Waals surface area contributed by atoms with Crippen LogP contribution in [0.4, 0.5) is 5.69 Å². The predicted octanol–water partition coefficient (Wildman–Crippen LogP) is -0.701. The number of ether oxygens (including phenoxy) is 1. The Bertz CT molecular complexity index is 1340. The number of carbonyl (C=O) groups excluding carboxylic acids is 2. The number of amides is 2. The molecule has 0 radical (unpaired) electrons. The molecule has 208 valence electrons. The molecule has 39 heavy (non-hydrogen) atoms. The van der Waals surface area contributed by atoms with Crippen LogP contribution in [0, 0.1) is 0 Å². The van der Waals surface area contributed by atoms with Crippen molar-refractivity contribution < 1.29 is 47.6 Å². The van der Waals surface area contributed by atoms with Crippen molar-refractivity contribution in [2.75, 3.05) is 18.5 Å². The zero-order chi connectivity index (χ0) is 28.0. The van der Waals surface area contributed by atoms with Gasteiger partial charge in [0.05, 0.1) is 18.9 Å². The average molecular weight is 563 g/mol. The fraction of sp³-hybridized carbons (Fsp3) is 0.348. The standard InChI is InChI=1S/C23H27N6O9P/c24-22(33)15-5-4-9-28(11-15)23-21(32)20(31)18(38-23)14-37-39(34,35)36-10-8-17-12-29(27-26-17)13-19(30)25-16-6-2-1-3-7-16/h1-7,9,11-12,18,20-21,23,31-32H,8,10,13-14H2,(H3-,24,25,30,33,34,35)/p+1/t18-,20-,21-,23-/m1/s1. The molecule has 0 bridgehead atoms. The summed E-state index contributed by atoms with van der Waals surface area (Å²) in [5.41, 5.74) is 6.49. The van der Waals surface area contributed by atoms with Crippen LogP contribution in [0.1, 0.15) is 22.3 Å². The second kappa shape index (κ2) is 12.5. The molecule has 3 heterocycles. The van der Waals surface area contributed by atoms with Crippen molar-refractivity contribution in [2.45, 2.75) is 37.5 Å². The SMILES string of the molecule is NC(=O)c1ccc[n+]([C@@H]2O[C@H](COP(=O)(O)OCCc3cn(CC(=O)Nc4ccccc4)nn3)[C@@H](O)[C@H]2O)c1. The maximum atomic E-state index is 12.3. The molecular weight excluding hydrogens is 535 g/mol. The lowest BCUT2D eigenvalue weighted by Crippen LogP contribution is -2.46. The van der Waals surface area contributed by atoms with Crippen LogP contribution < -0.4 is 15.6 Å². The summed E-state index contributed by atoms with van der Waals surface area (Å²) >= 11 is 0. The average Bonchev–Trinajstić information content (AvgIpc) is 3.46. The quantitative estimate of drug-likeness (QED) is 0.137. The van der Waals surface area contributed by atoms with E-state index in [0.717, 1.165) is 0 Å². The number of aromatic nitrogens is 4. The van der Waals surface area contributed by atoms with Gasteiger partial charge in [0.1, 0.15) is 24.3 Å². The van der Waals surface area contributed by atoms with E-state index in [1.807, 2.05) is 6.07 Å². The van der Waals surface area contributed by atoms with Crippen LogP contribution in [-0.4, -0.2) is 73.4 Å². The number of rotatable bonds is 12. The van der Waals surface area contributed by atoms with Gasteiger partial charge in [0.2, 0.25) is 5.91 Å². The Balaban J connectivity index is 1.22. The summed E-state index contributed by atoms with van der Waals surface area (Å²) in [6.07, 6.45) is -0.668. The van der Waals surface area contributed by atoms with Gasteiger partial charge < -0.3 is 30.9 Å². The number of hydrogen-bond donors (Lipinski definition) is 5. The summed E-state index contributed by atoms with van der Waals surface area (Å²) in [7, 11) is -4.56. The highest BCUT2D eigenvalue weighted by molar-refractivity contribution is 7.47.